The molecule has 1 aliphatic rings. The minimum atomic E-state index is -3.80. The van der Waals surface area contributed by atoms with E-state index in [1.807, 2.05) is 6.92 Å². The average Bonchev–Trinajstić information content (AvgIpc) is 2.62. The lowest BCUT2D eigenvalue weighted by molar-refractivity contribution is -0.0245. The number of H-pyrrole nitrogens is 1. The molecule has 0 unspecified atom stereocenters. The molecule has 0 radical (unpaired) electrons. The fourth-order valence-electron chi connectivity index (χ4n) is 1.98. The summed E-state index contributed by atoms with van der Waals surface area (Å²) in [7, 11) is -3.80. The van der Waals surface area contributed by atoms with Crippen LogP contribution in [0.3, 0.4) is 0 Å². The van der Waals surface area contributed by atoms with E-state index in [-0.39, 0.29) is 5.16 Å². The number of rotatable bonds is 5. The number of hydrogen-bond donors (Lipinski definition) is 2. The second-order valence-corrected chi connectivity index (χ2v) is 5.68. The summed E-state index contributed by atoms with van der Waals surface area (Å²) in [6, 6.07) is 0. The highest BCUT2D eigenvalue weighted by molar-refractivity contribution is 7.89. The van der Waals surface area contributed by atoms with Crippen molar-refractivity contribution >= 4 is 10.0 Å². The summed E-state index contributed by atoms with van der Waals surface area (Å²) < 4.78 is 27.4. The number of nitrogens with two attached hydrogens (primary N) is 1. The van der Waals surface area contributed by atoms with Crippen molar-refractivity contribution in [1.82, 2.24) is 15.2 Å². The molecule has 0 spiro atoms. The van der Waals surface area contributed by atoms with Gasteiger partial charge in [-0.2, -0.15) is 0 Å². The fraction of sp³-hybridized carbons (Fsp3) is 0.778. The van der Waals surface area contributed by atoms with Crippen molar-refractivity contribution in [3.63, 3.8) is 0 Å². The van der Waals surface area contributed by atoms with Crippen molar-refractivity contribution < 1.29 is 13.2 Å². The smallest absolute Gasteiger partial charge is 0.282 e. The van der Waals surface area contributed by atoms with Crippen molar-refractivity contribution in [3.8, 4) is 0 Å². The van der Waals surface area contributed by atoms with Crippen LogP contribution in [0.15, 0.2) is 5.16 Å². The Morgan fingerprint density at radius 1 is 1.53 bits per heavy atom. The van der Waals surface area contributed by atoms with Crippen LogP contribution < -0.4 is 5.14 Å². The molecule has 0 bridgehead atoms. The zero-order valence-electron chi connectivity index (χ0n) is 9.59. The molecule has 0 aromatic carbocycles. The lowest BCUT2D eigenvalue weighted by atomic mass is 9.80. The van der Waals surface area contributed by atoms with Crippen LogP contribution in [-0.4, -0.2) is 36.3 Å². The second kappa shape index (κ2) is 4.71. The lowest BCUT2D eigenvalue weighted by Gasteiger charge is -2.34. The van der Waals surface area contributed by atoms with E-state index in [9.17, 15) is 8.42 Å². The first kappa shape index (κ1) is 12.5. The van der Waals surface area contributed by atoms with Gasteiger partial charge in [0.15, 0.2) is 0 Å². The Bertz CT molecular complexity index is 478. The fourth-order valence-corrected chi connectivity index (χ4v) is 2.39. The molecular formula is C9H16N4O3S. The molecule has 1 fully saturated rings. The minimum Gasteiger partial charge on any atom is -0.378 e. The number of aromatic amines is 1. The maximum absolute atomic E-state index is 11.0. The van der Waals surface area contributed by atoms with E-state index in [1.54, 1.807) is 0 Å². The average molecular weight is 260 g/mol. The zero-order chi connectivity index (χ0) is 12.5. The van der Waals surface area contributed by atoms with Crippen LogP contribution in [-0.2, 0) is 21.2 Å². The summed E-state index contributed by atoms with van der Waals surface area (Å²) in [5.41, 5.74) is 0. The first-order chi connectivity index (χ1) is 7.99. The largest absolute Gasteiger partial charge is 0.378 e. The van der Waals surface area contributed by atoms with Crippen LogP contribution in [0.4, 0.5) is 0 Å². The van der Waals surface area contributed by atoms with Gasteiger partial charge in [0.05, 0.1) is 6.10 Å². The summed E-state index contributed by atoms with van der Waals surface area (Å²) in [4.78, 5) is 3.85. The molecular weight excluding hydrogens is 244 g/mol. The van der Waals surface area contributed by atoms with Crippen LogP contribution in [0.2, 0.25) is 0 Å². The van der Waals surface area contributed by atoms with Gasteiger partial charge >= 0.3 is 0 Å². The molecule has 96 valence electrons. The van der Waals surface area contributed by atoms with Gasteiger partial charge in [-0.3, -0.25) is 5.10 Å². The summed E-state index contributed by atoms with van der Waals surface area (Å²) in [5.74, 6) is 1.04. The van der Waals surface area contributed by atoms with Gasteiger partial charge in [0.1, 0.15) is 5.82 Å². The molecule has 1 aromatic heterocycles. The molecule has 0 aliphatic heterocycles. The minimum absolute atomic E-state index is 0.339. The normalized spacial score (nSPS) is 24.6. The first-order valence-electron chi connectivity index (χ1n) is 5.54. The summed E-state index contributed by atoms with van der Waals surface area (Å²) >= 11 is 0. The third-order valence-electron chi connectivity index (χ3n) is 2.84. The highest BCUT2D eigenvalue weighted by atomic mass is 32.2. The molecule has 1 saturated carbocycles. The third-order valence-corrected chi connectivity index (χ3v) is 3.53. The number of primary sulfonamides is 1. The molecule has 3 N–H and O–H groups in total. The van der Waals surface area contributed by atoms with Crippen LogP contribution in [0.1, 0.15) is 25.6 Å². The maximum Gasteiger partial charge on any atom is 0.282 e. The van der Waals surface area contributed by atoms with Crippen LogP contribution in [0.5, 0.6) is 0 Å². The summed E-state index contributed by atoms with van der Waals surface area (Å²) in [5, 5.41) is 10.7. The number of nitrogens with zero attached hydrogens (tertiary/aromatic N) is 2. The van der Waals surface area contributed by atoms with Crippen molar-refractivity contribution in [2.75, 3.05) is 6.61 Å². The highest BCUT2D eigenvalue weighted by Gasteiger charge is 2.30. The van der Waals surface area contributed by atoms with Gasteiger partial charge < -0.3 is 4.74 Å². The van der Waals surface area contributed by atoms with Crippen LogP contribution >= 0.6 is 0 Å². The predicted molar refractivity (Wildman–Crippen MR) is 59.6 cm³/mol. The highest BCUT2D eigenvalue weighted by Crippen LogP contribution is 2.32. The van der Waals surface area contributed by atoms with Gasteiger partial charge in [-0.1, -0.05) is 0 Å². The topological polar surface area (TPSA) is 111 Å². The Balaban J connectivity index is 1.87. The molecule has 7 nitrogen and oxygen atoms in total. The van der Waals surface area contributed by atoms with E-state index in [4.69, 9.17) is 9.88 Å². The summed E-state index contributed by atoms with van der Waals surface area (Å²) in [6.07, 6.45) is 3.00. The number of aromatic nitrogens is 3. The number of ether oxygens (including phenoxy) is 1. The third kappa shape index (κ3) is 3.02. The molecule has 2 rings (SSSR count). The van der Waals surface area contributed by atoms with E-state index < -0.39 is 10.0 Å². The SMILES string of the molecule is CCOC1CC(Cc2nc(S(N)(=O)=O)n[nH]2)C1. The predicted octanol–water partition coefficient (Wildman–Crippen LogP) is -0.190. The van der Waals surface area contributed by atoms with Gasteiger partial charge in [0.2, 0.25) is 0 Å². The summed E-state index contributed by atoms with van der Waals surface area (Å²) in [6.45, 7) is 2.71. The van der Waals surface area contributed by atoms with E-state index in [0.29, 0.717) is 24.3 Å². The van der Waals surface area contributed by atoms with E-state index in [0.717, 1.165) is 19.4 Å². The van der Waals surface area contributed by atoms with E-state index in [2.05, 4.69) is 15.2 Å². The first-order valence-corrected chi connectivity index (χ1v) is 7.09. The Kier molecular flexibility index (Phi) is 3.45. The molecule has 0 saturated heterocycles. The molecule has 17 heavy (non-hydrogen) atoms. The van der Waals surface area contributed by atoms with Crippen molar-refractivity contribution in [3.05, 3.63) is 5.82 Å². The molecule has 0 atom stereocenters. The van der Waals surface area contributed by atoms with Crippen molar-refractivity contribution in [1.29, 1.82) is 0 Å². The standard InChI is InChI=1S/C9H16N4O3S/c1-2-16-7-3-6(4-7)5-8-11-9(13-12-8)17(10,14)15/h6-7H,2-5H2,1H3,(H2,10,14,15)(H,11,12,13). The van der Waals surface area contributed by atoms with Crippen molar-refractivity contribution in [2.24, 2.45) is 11.1 Å². The van der Waals surface area contributed by atoms with Gasteiger partial charge in [-0.25, -0.2) is 18.5 Å². The Hall–Kier alpha value is -0.990. The second-order valence-electron chi connectivity index (χ2n) is 4.23. The number of nitrogens with one attached hydrogen (secondary N) is 1. The quantitative estimate of drug-likeness (QED) is 0.762. The number of sulfonamides is 1. The Labute approximate surface area is 99.8 Å². The van der Waals surface area contributed by atoms with E-state index >= 15 is 0 Å². The van der Waals surface area contributed by atoms with Crippen molar-refractivity contribution in [2.45, 2.75) is 37.4 Å². The van der Waals surface area contributed by atoms with E-state index in [1.165, 1.54) is 0 Å². The molecule has 1 heterocycles. The lowest BCUT2D eigenvalue weighted by Crippen LogP contribution is -2.32. The van der Waals surface area contributed by atoms with Gasteiger partial charge in [-0.15, -0.1) is 5.10 Å². The van der Waals surface area contributed by atoms with Gasteiger partial charge in [0.25, 0.3) is 15.2 Å². The van der Waals surface area contributed by atoms with Crippen LogP contribution in [0.25, 0.3) is 0 Å². The zero-order valence-corrected chi connectivity index (χ0v) is 10.4. The maximum atomic E-state index is 11.0. The van der Waals surface area contributed by atoms with Crippen LogP contribution in [0, 0.1) is 5.92 Å². The Morgan fingerprint density at radius 3 is 2.76 bits per heavy atom. The van der Waals surface area contributed by atoms with Gasteiger partial charge in [-0.05, 0) is 25.7 Å². The molecule has 1 aliphatic carbocycles. The monoisotopic (exact) mass is 260 g/mol. The molecule has 0 amide bonds. The molecule has 1 aromatic rings. The number of hydrogen-bond acceptors (Lipinski definition) is 5. The Morgan fingerprint density at radius 2 is 2.24 bits per heavy atom. The van der Waals surface area contributed by atoms with Gasteiger partial charge in [0, 0.05) is 13.0 Å². The molecule has 8 heteroatoms.